The van der Waals surface area contributed by atoms with Crippen LogP contribution in [0.4, 0.5) is 0 Å². The minimum atomic E-state index is 0.621. The summed E-state index contributed by atoms with van der Waals surface area (Å²) in [7, 11) is 0. The Morgan fingerprint density at radius 2 is 2.21 bits per heavy atom. The predicted octanol–water partition coefficient (Wildman–Crippen LogP) is 2.93. The number of para-hydroxylation sites is 2. The Morgan fingerprint density at radius 3 is 3.14 bits per heavy atom. The maximum atomic E-state index is 4.70. The topological polar surface area (TPSA) is 17.8 Å². The molecule has 1 atom stereocenters. The third kappa shape index (κ3) is 0.999. The molecular weight excluding hydrogens is 172 g/mol. The summed E-state index contributed by atoms with van der Waals surface area (Å²) in [5, 5.41) is 0. The first-order chi connectivity index (χ1) is 6.86. The van der Waals surface area contributed by atoms with Crippen molar-refractivity contribution in [1.29, 1.82) is 0 Å². The van der Waals surface area contributed by atoms with E-state index in [2.05, 4.69) is 35.8 Å². The fraction of sp³-hybridized carbons (Fsp3) is 0.417. The molecule has 0 amide bonds. The molecule has 0 saturated carbocycles. The lowest BCUT2D eigenvalue weighted by atomic mass is 10.0. The lowest BCUT2D eigenvalue weighted by Gasteiger charge is -2.20. The second kappa shape index (κ2) is 2.84. The molecule has 1 aromatic carbocycles. The third-order valence-corrected chi connectivity index (χ3v) is 3.14. The van der Waals surface area contributed by atoms with Crippen molar-refractivity contribution < 1.29 is 0 Å². The average molecular weight is 186 g/mol. The number of hydrogen-bond acceptors (Lipinski definition) is 1. The second-order valence-corrected chi connectivity index (χ2v) is 4.15. The number of fused-ring (bicyclic) bond motifs is 3. The SMILES string of the molecule is CC1CCCn2c1nc1ccccc12. The summed E-state index contributed by atoms with van der Waals surface area (Å²) in [5.41, 5.74) is 2.45. The molecule has 2 heterocycles. The van der Waals surface area contributed by atoms with Crippen LogP contribution < -0.4 is 0 Å². The summed E-state index contributed by atoms with van der Waals surface area (Å²) < 4.78 is 2.38. The molecule has 0 bridgehead atoms. The number of rotatable bonds is 0. The van der Waals surface area contributed by atoms with Crippen molar-refractivity contribution in [1.82, 2.24) is 9.55 Å². The first kappa shape index (κ1) is 8.04. The molecule has 0 N–H and O–H groups in total. The van der Waals surface area contributed by atoms with E-state index in [1.54, 1.807) is 0 Å². The van der Waals surface area contributed by atoms with Gasteiger partial charge in [-0.25, -0.2) is 4.98 Å². The highest BCUT2D eigenvalue weighted by atomic mass is 15.1. The van der Waals surface area contributed by atoms with Gasteiger partial charge in [0.2, 0.25) is 0 Å². The molecule has 1 aliphatic rings. The van der Waals surface area contributed by atoms with Crippen LogP contribution >= 0.6 is 0 Å². The van der Waals surface area contributed by atoms with Crippen LogP contribution in [0.15, 0.2) is 24.3 Å². The normalized spacial score (nSPS) is 21.1. The summed E-state index contributed by atoms with van der Waals surface area (Å²) >= 11 is 0. The second-order valence-electron chi connectivity index (χ2n) is 4.15. The highest BCUT2D eigenvalue weighted by molar-refractivity contribution is 5.76. The molecule has 72 valence electrons. The molecule has 0 radical (unpaired) electrons. The Hall–Kier alpha value is -1.31. The van der Waals surface area contributed by atoms with Crippen molar-refractivity contribution in [3.05, 3.63) is 30.1 Å². The van der Waals surface area contributed by atoms with Crippen LogP contribution in [0.2, 0.25) is 0 Å². The number of aromatic nitrogens is 2. The van der Waals surface area contributed by atoms with E-state index in [0.29, 0.717) is 5.92 Å². The summed E-state index contributed by atoms with van der Waals surface area (Å²) in [6, 6.07) is 8.43. The van der Waals surface area contributed by atoms with Gasteiger partial charge in [-0.15, -0.1) is 0 Å². The van der Waals surface area contributed by atoms with E-state index in [1.165, 1.54) is 24.2 Å². The molecule has 1 unspecified atom stereocenters. The maximum absolute atomic E-state index is 4.70. The van der Waals surface area contributed by atoms with Gasteiger partial charge in [0.1, 0.15) is 5.82 Å². The van der Waals surface area contributed by atoms with E-state index in [0.717, 1.165) is 12.1 Å². The zero-order valence-corrected chi connectivity index (χ0v) is 8.40. The highest BCUT2D eigenvalue weighted by Gasteiger charge is 2.19. The minimum Gasteiger partial charge on any atom is -0.328 e. The predicted molar refractivity (Wildman–Crippen MR) is 57.4 cm³/mol. The molecule has 0 aliphatic carbocycles. The molecule has 14 heavy (non-hydrogen) atoms. The Bertz CT molecular complexity index is 470. The van der Waals surface area contributed by atoms with E-state index in [1.807, 2.05) is 0 Å². The lowest BCUT2D eigenvalue weighted by Crippen LogP contribution is -2.13. The molecule has 1 aromatic heterocycles. The van der Waals surface area contributed by atoms with Crippen LogP contribution in [-0.4, -0.2) is 9.55 Å². The van der Waals surface area contributed by atoms with Gasteiger partial charge < -0.3 is 4.57 Å². The van der Waals surface area contributed by atoms with Crippen LogP contribution in [0.1, 0.15) is 31.5 Å². The Balaban J connectivity index is 2.32. The standard InChI is InChI=1S/C12H14N2/c1-9-5-4-8-14-11-7-3-2-6-10(11)13-12(9)14/h2-3,6-7,9H,4-5,8H2,1H3. The van der Waals surface area contributed by atoms with Gasteiger partial charge in [0.25, 0.3) is 0 Å². The molecule has 2 heteroatoms. The molecule has 2 nitrogen and oxygen atoms in total. The maximum Gasteiger partial charge on any atom is 0.112 e. The van der Waals surface area contributed by atoms with Crippen molar-refractivity contribution in [2.45, 2.75) is 32.2 Å². The van der Waals surface area contributed by atoms with E-state index in [4.69, 9.17) is 4.98 Å². The van der Waals surface area contributed by atoms with E-state index < -0.39 is 0 Å². The number of hydrogen-bond donors (Lipinski definition) is 0. The van der Waals surface area contributed by atoms with Gasteiger partial charge in [-0.3, -0.25) is 0 Å². The first-order valence-electron chi connectivity index (χ1n) is 5.31. The molecule has 2 aromatic rings. The number of nitrogens with zero attached hydrogens (tertiary/aromatic N) is 2. The number of benzene rings is 1. The van der Waals surface area contributed by atoms with Crippen molar-refractivity contribution in [3.8, 4) is 0 Å². The van der Waals surface area contributed by atoms with Gasteiger partial charge in [-0.1, -0.05) is 19.1 Å². The first-order valence-corrected chi connectivity index (χ1v) is 5.31. The molecule has 0 fully saturated rings. The van der Waals surface area contributed by atoms with Crippen LogP contribution in [0, 0.1) is 0 Å². The summed E-state index contributed by atoms with van der Waals surface area (Å²) in [6.45, 7) is 3.41. The van der Waals surface area contributed by atoms with Crippen LogP contribution in [0.3, 0.4) is 0 Å². The highest BCUT2D eigenvalue weighted by Crippen LogP contribution is 2.29. The van der Waals surface area contributed by atoms with Crippen molar-refractivity contribution >= 4 is 11.0 Å². The van der Waals surface area contributed by atoms with Gasteiger partial charge in [-0.05, 0) is 25.0 Å². The zero-order chi connectivity index (χ0) is 9.54. The third-order valence-electron chi connectivity index (χ3n) is 3.14. The Kier molecular flexibility index (Phi) is 1.63. The van der Waals surface area contributed by atoms with Gasteiger partial charge >= 0.3 is 0 Å². The van der Waals surface area contributed by atoms with E-state index in [9.17, 15) is 0 Å². The average Bonchev–Trinajstić information content (AvgIpc) is 2.59. The van der Waals surface area contributed by atoms with Gasteiger partial charge in [0, 0.05) is 12.5 Å². The van der Waals surface area contributed by atoms with Gasteiger partial charge in [0.05, 0.1) is 11.0 Å². The van der Waals surface area contributed by atoms with Crippen LogP contribution in [0.25, 0.3) is 11.0 Å². The molecule has 1 aliphatic heterocycles. The van der Waals surface area contributed by atoms with E-state index >= 15 is 0 Å². The van der Waals surface area contributed by atoms with Crippen molar-refractivity contribution in [2.75, 3.05) is 0 Å². The fourth-order valence-electron chi connectivity index (χ4n) is 2.39. The fourth-order valence-corrected chi connectivity index (χ4v) is 2.39. The minimum absolute atomic E-state index is 0.621. The Morgan fingerprint density at radius 1 is 1.36 bits per heavy atom. The lowest BCUT2D eigenvalue weighted by molar-refractivity contribution is 0.471. The quantitative estimate of drug-likeness (QED) is 0.618. The molecule has 0 spiro atoms. The van der Waals surface area contributed by atoms with E-state index in [-0.39, 0.29) is 0 Å². The van der Waals surface area contributed by atoms with Crippen molar-refractivity contribution in [3.63, 3.8) is 0 Å². The number of imidazole rings is 1. The monoisotopic (exact) mass is 186 g/mol. The summed E-state index contributed by atoms with van der Waals surface area (Å²) in [4.78, 5) is 4.70. The summed E-state index contributed by atoms with van der Waals surface area (Å²) in [5.74, 6) is 1.90. The smallest absolute Gasteiger partial charge is 0.112 e. The summed E-state index contributed by atoms with van der Waals surface area (Å²) in [6.07, 6.45) is 2.57. The molecule has 0 saturated heterocycles. The van der Waals surface area contributed by atoms with Gasteiger partial charge in [-0.2, -0.15) is 0 Å². The van der Waals surface area contributed by atoms with Crippen LogP contribution in [-0.2, 0) is 6.54 Å². The molecule has 3 rings (SSSR count). The van der Waals surface area contributed by atoms with Crippen molar-refractivity contribution in [2.24, 2.45) is 0 Å². The van der Waals surface area contributed by atoms with Crippen LogP contribution in [0.5, 0.6) is 0 Å². The Labute approximate surface area is 83.6 Å². The zero-order valence-electron chi connectivity index (χ0n) is 8.40. The molecular formula is C12H14N2. The largest absolute Gasteiger partial charge is 0.328 e. The van der Waals surface area contributed by atoms with Gasteiger partial charge in [0.15, 0.2) is 0 Å². The number of aryl methyl sites for hydroxylation is 1.